The molecule has 0 aromatic heterocycles. The van der Waals surface area contributed by atoms with E-state index in [-0.39, 0.29) is 24.5 Å². The van der Waals surface area contributed by atoms with Crippen LogP contribution in [0.1, 0.15) is 37.9 Å². The normalized spacial score (nSPS) is 11.9. The van der Waals surface area contributed by atoms with Crippen molar-refractivity contribution in [3.63, 3.8) is 0 Å². The average Bonchev–Trinajstić information content (AvgIpc) is 2.64. The molecule has 0 fully saturated rings. The van der Waals surface area contributed by atoms with Gasteiger partial charge in [-0.15, -0.1) is 0 Å². The molecule has 4 nitrogen and oxygen atoms in total. The van der Waals surface area contributed by atoms with E-state index >= 15 is 0 Å². The van der Waals surface area contributed by atoms with Crippen molar-refractivity contribution in [1.29, 1.82) is 0 Å². The smallest absolute Gasteiger partial charge is 0.258 e. The third-order valence-electron chi connectivity index (χ3n) is 4.16. The molecule has 4 heteroatoms. The van der Waals surface area contributed by atoms with Crippen molar-refractivity contribution in [3.05, 3.63) is 59.7 Å². The summed E-state index contributed by atoms with van der Waals surface area (Å²) < 4.78 is 10.8. The minimum atomic E-state index is -0.149. The van der Waals surface area contributed by atoms with Gasteiger partial charge in [-0.05, 0) is 35.6 Å². The van der Waals surface area contributed by atoms with Crippen LogP contribution in [0.2, 0.25) is 0 Å². The van der Waals surface area contributed by atoms with E-state index in [0.717, 1.165) is 12.0 Å². The van der Waals surface area contributed by atoms with Gasteiger partial charge >= 0.3 is 0 Å². The summed E-state index contributed by atoms with van der Waals surface area (Å²) in [6.07, 6.45) is 1.01. The van der Waals surface area contributed by atoms with Crippen LogP contribution < -0.4 is 14.8 Å². The first-order valence-electron chi connectivity index (χ1n) is 8.69. The highest BCUT2D eigenvalue weighted by Gasteiger charge is 2.19. The van der Waals surface area contributed by atoms with Crippen LogP contribution in [0.3, 0.4) is 0 Å². The topological polar surface area (TPSA) is 47.6 Å². The molecule has 25 heavy (non-hydrogen) atoms. The van der Waals surface area contributed by atoms with Crippen LogP contribution in [0.4, 0.5) is 0 Å². The van der Waals surface area contributed by atoms with Gasteiger partial charge in [0.2, 0.25) is 0 Å². The lowest BCUT2D eigenvalue weighted by Crippen LogP contribution is -2.35. The van der Waals surface area contributed by atoms with E-state index in [1.165, 1.54) is 5.56 Å². The number of rotatable bonds is 8. The second kappa shape index (κ2) is 9.11. The number of carbonyl (C=O) groups is 1. The predicted octanol–water partition coefficient (Wildman–Crippen LogP) is 4.15. The summed E-state index contributed by atoms with van der Waals surface area (Å²) in [5.41, 5.74) is 2.40. The first-order valence-corrected chi connectivity index (χ1v) is 8.69. The highest BCUT2D eigenvalue weighted by atomic mass is 16.5. The maximum atomic E-state index is 12.4. The van der Waals surface area contributed by atoms with Crippen LogP contribution in [0, 0.1) is 5.92 Å². The van der Waals surface area contributed by atoms with E-state index in [2.05, 4.69) is 50.4 Å². The Hall–Kier alpha value is -2.49. The van der Waals surface area contributed by atoms with Gasteiger partial charge in [-0.3, -0.25) is 4.79 Å². The van der Waals surface area contributed by atoms with Crippen molar-refractivity contribution >= 4 is 5.91 Å². The lowest BCUT2D eigenvalue weighted by Gasteiger charge is -2.23. The van der Waals surface area contributed by atoms with Crippen molar-refractivity contribution in [2.45, 2.75) is 33.2 Å². The zero-order valence-corrected chi connectivity index (χ0v) is 15.4. The van der Waals surface area contributed by atoms with Gasteiger partial charge in [-0.1, -0.05) is 57.2 Å². The summed E-state index contributed by atoms with van der Waals surface area (Å²) >= 11 is 0. The third kappa shape index (κ3) is 5.24. The number of methoxy groups -OCH3 is 1. The van der Waals surface area contributed by atoms with E-state index in [0.29, 0.717) is 11.5 Å². The second-order valence-corrected chi connectivity index (χ2v) is 6.32. The van der Waals surface area contributed by atoms with Gasteiger partial charge < -0.3 is 14.8 Å². The maximum Gasteiger partial charge on any atom is 0.258 e. The lowest BCUT2D eigenvalue weighted by molar-refractivity contribution is -0.124. The average molecular weight is 341 g/mol. The van der Waals surface area contributed by atoms with E-state index < -0.39 is 0 Å². The summed E-state index contributed by atoms with van der Waals surface area (Å²) in [5, 5.41) is 3.07. The van der Waals surface area contributed by atoms with E-state index in [9.17, 15) is 4.79 Å². The molecule has 1 N–H and O–H groups in total. The third-order valence-corrected chi connectivity index (χ3v) is 4.16. The number of ether oxygens (including phenoxy) is 2. The molecule has 2 aromatic carbocycles. The molecule has 1 amide bonds. The molecule has 0 unspecified atom stereocenters. The Bertz CT molecular complexity index is 680. The molecule has 134 valence electrons. The molecule has 0 heterocycles. The molecule has 0 radical (unpaired) electrons. The summed E-state index contributed by atoms with van der Waals surface area (Å²) in [5.74, 6) is 1.31. The Morgan fingerprint density at radius 2 is 1.68 bits per heavy atom. The molecule has 0 spiro atoms. The number of hydrogen-bond acceptors (Lipinski definition) is 3. The molecule has 0 aliphatic carbocycles. The maximum absolute atomic E-state index is 12.4. The monoisotopic (exact) mass is 341 g/mol. The van der Waals surface area contributed by atoms with Crippen molar-refractivity contribution in [1.82, 2.24) is 5.32 Å². The van der Waals surface area contributed by atoms with Crippen molar-refractivity contribution in [3.8, 4) is 11.5 Å². The van der Waals surface area contributed by atoms with Gasteiger partial charge in [0.1, 0.15) is 0 Å². The molecule has 1 atom stereocenters. The first-order chi connectivity index (χ1) is 12.0. The number of aryl methyl sites for hydroxylation is 1. The molecule has 0 saturated heterocycles. The van der Waals surface area contributed by atoms with Gasteiger partial charge in [0, 0.05) is 0 Å². The Labute approximate surface area is 150 Å². The number of carbonyl (C=O) groups excluding carboxylic acids is 1. The van der Waals surface area contributed by atoms with Gasteiger partial charge in [0.25, 0.3) is 5.91 Å². The van der Waals surface area contributed by atoms with Crippen LogP contribution >= 0.6 is 0 Å². The van der Waals surface area contributed by atoms with Crippen molar-refractivity contribution < 1.29 is 14.3 Å². The number of hydrogen-bond donors (Lipinski definition) is 1. The Balaban J connectivity index is 2.00. The summed E-state index contributed by atoms with van der Waals surface area (Å²) in [4.78, 5) is 12.4. The fourth-order valence-electron chi connectivity index (χ4n) is 2.69. The molecule has 0 aliphatic heterocycles. The Kier molecular flexibility index (Phi) is 6.87. The molecule has 2 rings (SSSR count). The van der Waals surface area contributed by atoms with Crippen molar-refractivity contribution in [2.24, 2.45) is 5.92 Å². The van der Waals surface area contributed by atoms with Gasteiger partial charge in [-0.25, -0.2) is 0 Å². The van der Waals surface area contributed by atoms with E-state index in [1.807, 2.05) is 12.1 Å². The van der Waals surface area contributed by atoms with Gasteiger partial charge in [0.05, 0.1) is 13.2 Å². The zero-order valence-electron chi connectivity index (χ0n) is 15.4. The van der Waals surface area contributed by atoms with Crippen LogP contribution in [0.25, 0.3) is 0 Å². The predicted molar refractivity (Wildman–Crippen MR) is 100 cm³/mol. The summed E-state index contributed by atoms with van der Waals surface area (Å²) in [7, 11) is 1.58. The molecule has 2 aromatic rings. The Morgan fingerprint density at radius 1 is 1.04 bits per heavy atom. The number of amides is 1. The molecule has 0 aliphatic rings. The quantitative estimate of drug-likeness (QED) is 0.784. The second-order valence-electron chi connectivity index (χ2n) is 6.32. The first kappa shape index (κ1) is 18.8. The van der Waals surface area contributed by atoms with Crippen LogP contribution in [-0.2, 0) is 11.2 Å². The van der Waals surface area contributed by atoms with Gasteiger partial charge in [-0.2, -0.15) is 0 Å². The largest absolute Gasteiger partial charge is 0.493 e. The number of nitrogens with one attached hydrogen (secondary N) is 1. The molecule has 0 bridgehead atoms. The van der Waals surface area contributed by atoms with E-state index in [4.69, 9.17) is 9.47 Å². The minimum absolute atomic E-state index is 0.0420. The summed E-state index contributed by atoms with van der Waals surface area (Å²) in [6.45, 7) is 6.28. The Morgan fingerprint density at radius 3 is 2.24 bits per heavy atom. The van der Waals surface area contributed by atoms with Crippen LogP contribution in [0.5, 0.6) is 11.5 Å². The highest BCUT2D eigenvalue weighted by Crippen LogP contribution is 2.26. The fraction of sp³-hybridized carbons (Fsp3) is 0.381. The van der Waals surface area contributed by atoms with Crippen LogP contribution in [0.15, 0.2) is 48.5 Å². The highest BCUT2D eigenvalue weighted by molar-refractivity contribution is 5.78. The number of benzene rings is 2. The standard InChI is InChI=1S/C21H27NO3/c1-5-16-10-12-17(13-11-16)21(15(2)3)22-20(23)14-25-19-9-7-6-8-18(19)24-4/h6-13,15,21H,5,14H2,1-4H3,(H,22,23)/t21-/m1/s1. The SMILES string of the molecule is CCc1ccc([C@H](NC(=O)COc2ccccc2OC)C(C)C)cc1. The molecular formula is C21H27NO3. The molecular weight excluding hydrogens is 314 g/mol. The van der Waals surface area contributed by atoms with Crippen molar-refractivity contribution in [2.75, 3.05) is 13.7 Å². The summed E-state index contributed by atoms with van der Waals surface area (Å²) in [6, 6.07) is 15.7. The zero-order chi connectivity index (χ0) is 18.2. The lowest BCUT2D eigenvalue weighted by atomic mass is 9.95. The van der Waals surface area contributed by atoms with E-state index in [1.54, 1.807) is 19.2 Å². The van der Waals surface area contributed by atoms with Gasteiger partial charge in [0.15, 0.2) is 18.1 Å². The molecule has 0 saturated carbocycles. The van der Waals surface area contributed by atoms with Crippen LogP contribution in [-0.4, -0.2) is 19.6 Å². The minimum Gasteiger partial charge on any atom is -0.493 e. The number of para-hydroxylation sites is 2. The fourth-order valence-corrected chi connectivity index (χ4v) is 2.69.